The molecule has 0 bridgehead atoms. The van der Waals surface area contributed by atoms with Crippen LogP contribution in [0.2, 0.25) is 0 Å². The van der Waals surface area contributed by atoms with Crippen molar-refractivity contribution in [2.75, 3.05) is 5.32 Å². The smallest absolute Gasteiger partial charge is 0.416 e. The van der Waals surface area contributed by atoms with Gasteiger partial charge in [0.1, 0.15) is 0 Å². The number of alkyl halides is 3. The SMILES string of the molecule is CCC1(C(=O)O)Nc2ccc(C(F)(F)F)cc2CC1N. The number of rotatable bonds is 2. The van der Waals surface area contributed by atoms with Crippen LogP contribution in [0.5, 0.6) is 0 Å². The van der Waals surface area contributed by atoms with Crippen molar-refractivity contribution in [1.82, 2.24) is 0 Å². The van der Waals surface area contributed by atoms with E-state index in [0.717, 1.165) is 12.1 Å². The summed E-state index contributed by atoms with van der Waals surface area (Å²) in [5.41, 5.74) is 4.55. The maximum Gasteiger partial charge on any atom is 0.416 e. The second kappa shape index (κ2) is 4.66. The van der Waals surface area contributed by atoms with Gasteiger partial charge in [0.25, 0.3) is 0 Å². The van der Waals surface area contributed by atoms with Gasteiger partial charge in [0, 0.05) is 11.7 Å². The molecule has 0 saturated carbocycles. The van der Waals surface area contributed by atoms with Crippen LogP contribution in [0.1, 0.15) is 24.5 Å². The molecule has 0 aliphatic carbocycles. The van der Waals surface area contributed by atoms with Gasteiger partial charge in [-0.3, -0.25) is 0 Å². The molecule has 4 nitrogen and oxygen atoms in total. The van der Waals surface area contributed by atoms with Gasteiger partial charge in [0.05, 0.1) is 5.56 Å². The Labute approximate surface area is 113 Å². The molecule has 1 aliphatic heterocycles. The lowest BCUT2D eigenvalue weighted by molar-refractivity contribution is -0.143. The Kier molecular flexibility index (Phi) is 3.41. The standard InChI is InChI=1S/C13H15F3N2O2/c1-2-12(11(19)20)10(17)6-7-5-8(13(14,15)16)3-4-9(7)18-12/h3-5,10,18H,2,6,17H2,1H3,(H,19,20). The molecule has 1 aliphatic rings. The third-order valence-corrected chi connectivity index (χ3v) is 3.80. The number of carboxylic acid groups (broad SMARTS) is 1. The molecule has 0 spiro atoms. The molecule has 0 radical (unpaired) electrons. The highest BCUT2D eigenvalue weighted by Crippen LogP contribution is 2.37. The normalized spacial score (nSPS) is 25.8. The molecule has 1 aromatic rings. The number of hydrogen-bond donors (Lipinski definition) is 3. The van der Waals surface area contributed by atoms with Crippen LogP contribution in [0, 0.1) is 0 Å². The van der Waals surface area contributed by atoms with Crippen molar-refractivity contribution in [3.05, 3.63) is 29.3 Å². The average molecular weight is 288 g/mol. The van der Waals surface area contributed by atoms with E-state index in [4.69, 9.17) is 5.73 Å². The molecule has 0 amide bonds. The first kappa shape index (κ1) is 14.6. The molecular formula is C13H15F3N2O2. The van der Waals surface area contributed by atoms with E-state index < -0.39 is 29.3 Å². The van der Waals surface area contributed by atoms with Gasteiger partial charge in [-0.05, 0) is 36.6 Å². The number of aliphatic carboxylic acids is 1. The van der Waals surface area contributed by atoms with Crippen molar-refractivity contribution < 1.29 is 23.1 Å². The molecule has 2 rings (SSSR count). The quantitative estimate of drug-likeness (QED) is 0.780. The molecule has 0 saturated heterocycles. The minimum Gasteiger partial charge on any atom is -0.479 e. The number of nitrogens with two attached hydrogens (primary N) is 1. The van der Waals surface area contributed by atoms with Crippen molar-refractivity contribution in [2.24, 2.45) is 5.73 Å². The third-order valence-electron chi connectivity index (χ3n) is 3.80. The molecule has 4 N–H and O–H groups in total. The van der Waals surface area contributed by atoms with E-state index in [2.05, 4.69) is 5.32 Å². The van der Waals surface area contributed by atoms with E-state index in [9.17, 15) is 23.1 Å². The number of benzene rings is 1. The van der Waals surface area contributed by atoms with Gasteiger partial charge in [0.15, 0.2) is 5.54 Å². The molecule has 2 unspecified atom stereocenters. The van der Waals surface area contributed by atoms with Crippen molar-refractivity contribution >= 4 is 11.7 Å². The van der Waals surface area contributed by atoms with Gasteiger partial charge in [0.2, 0.25) is 0 Å². The van der Waals surface area contributed by atoms with E-state index in [0.29, 0.717) is 11.3 Å². The van der Waals surface area contributed by atoms with Crippen molar-refractivity contribution in [3.8, 4) is 0 Å². The third kappa shape index (κ3) is 2.22. The van der Waals surface area contributed by atoms with E-state index in [1.165, 1.54) is 6.07 Å². The fourth-order valence-corrected chi connectivity index (χ4v) is 2.52. The molecule has 20 heavy (non-hydrogen) atoms. The second-order valence-electron chi connectivity index (χ2n) is 4.94. The van der Waals surface area contributed by atoms with Crippen LogP contribution in [0.4, 0.5) is 18.9 Å². The van der Waals surface area contributed by atoms with E-state index in [-0.39, 0.29) is 12.8 Å². The van der Waals surface area contributed by atoms with E-state index in [1.54, 1.807) is 6.92 Å². The summed E-state index contributed by atoms with van der Waals surface area (Å²) < 4.78 is 38.0. The fourth-order valence-electron chi connectivity index (χ4n) is 2.52. The molecule has 0 aromatic heterocycles. The minimum atomic E-state index is -4.43. The summed E-state index contributed by atoms with van der Waals surface area (Å²) in [6, 6.07) is 2.42. The maximum atomic E-state index is 12.7. The van der Waals surface area contributed by atoms with Crippen molar-refractivity contribution in [2.45, 2.75) is 37.5 Å². The molecule has 0 fully saturated rings. The molecule has 1 heterocycles. The number of carboxylic acids is 1. The summed E-state index contributed by atoms with van der Waals surface area (Å²) in [5.74, 6) is -1.10. The topological polar surface area (TPSA) is 75.3 Å². The van der Waals surface area contributed by atoms with Gasteiger partial charge in [-0.1, -0.05) is 6.92 Å². The van der Waals surface area contributed by atoms with Gasteiger partial charge in [-0.15, -0.1) is 0 Å². The van der Waals surface area contributed by atoms with Crippen LogP contribution in [0.25, 0.3) is 0 Å². The van der Waals surface area contributed by atoms with Crippen LogP contribution in [0.15, 0.2) is 18.2 Å². The zero-order chi connectivity index (χ0) is 15.1. The molecule has 2 atom stereocenters. The zero-order valence-corrected chi connectivity index (χ0v) is 10.8. The molecule has 7 heteroatoms. The highest BCUT2D eigenvalue weighted by atomic mass is 19.4. The maximum absolute atomic E-state index is 12.7. The number of fused-ring (bicyclic) bond motifs is 1. The first-order valence-electron chi connectivity index (χ1n) is 6.18. The van der Waals surface area contributed by atoms with Crippen molar-refractivity contribution in [3.63, 3.8) is 0 Å². The van der Waals surface area contributed by atoms with E-state index in [1.807, 2.05) is 0 Å². The second-order valence-corrected chi connectivity index (χ2v) is 4.94. The largest absolute Gasteiger partial charge is 0.479 e. The lowest BCUT2D eigenvalue weighted by Crippen LogP contribution is -2.62. The highest BCUT2D eigenvalue weighted by Gasteiger charge is 2.46. The fraction of sp³-hybridized carbons (Fsp3) is 0.462. The summed E-state index contributed by atoms with van der Waals surface area (Å²) in [6.45, 7) is 1.68. The monoisotopic (exact) mass is 288 g/mol. The lowest BCUT2D eigenvalue weighted by Gasteiger charge is -2.40. The Hall–Kier alpha value is -1.76. The predicted octanol–water partition coefficient (Wildman–Crippen LogP) is 2.23. The Bertz CT molecular complexity index is 545. The summed E-state index contributed by atoms with van der Waals surface area (Å²) in [4.78, 5) is 11.4. The van der Waals surface area contributed by atoms with Crippen LogP contribution in [-0.4, -0.2) is 22.7 Å². The number of carbonyl (C=O) groups is 1. The summed E-state index contributed by atoms with van der Waals surface area (Å²) in [6.07, 6.45) is -4.10. The van der Waals surface area contributed by atoms with Crippen LogP contribution >= 0.6 is 0 Å². The minimum absolute atomic E-state index is 0.0897. The summed E-state index contributed by atoms with van der Waals surface area (Å²) in [5, 5.41) is 12.1. The van der Waals surface area contributed by atoms with Crippen LogP contribution in [0.3, 0.4) is 0 Å². The Balaban J connectivity index is 2.44. The van der Waals surface area contributed by atoms with Crippen LogP contribution in [-0.2, 0) is 17.4 Å². The van der Waals surface area contributed by atoms with E-state index >= 15 is 0 Å². The molecular weight excluding hydrogens is 273 g/mol. The molecule has 1 aromatic carbocycles. The summed E-state index contributed by atoms with van der Waals surface area (Å²) >= 11 is 0. The number of nitrogens with one attached hydrogen (secondary N) is 1. The number of halogens is 3. The average Bonchev–Trinajstić information content (AvgIpc) is 2.35. The lowest BCUT2D eigenvalue weighted by atomic mass is 9.79. The predicted molar refractivity (Wildman–Crippen MR) is 67.4 cm³/mol. The van der Waals surface area contributed by atoms with Crippen LogP contribution < -0.4 is 11.1 Å². The van der Waals surface area contributed by atoms with Gasteiger partial charge in [-0.2, -0.15) is 13.2 Å². The highest BCUT2D eigenvalue weighted by molar-refractivity contribution is 5.85. The Morgan fingerprint density at radius 1 is 1.55 bits per heavy atom. The Morgan fingerprint density at radius 3 is 2.70 bits per heavy atom. The molecule has 110 valence electrons. The van der Waals surface area contributed by atoms with Gasteiger partial charge in [-0.25, -0.2) is 4.79 Å². The number of hydrogen-bond acceptors (Lipinski definition) is 3. The first-order chi connectivity index (χ1) is 9.20. The Morgan fingerprint density at radius 2 is 2.20 bits per heavy atom. The van der Waals surface area contributed by atoms with Gasteiger partial charge < -0.3 is 16.2 Å². The summed E-state index contributed by atoms with van der Waals surface area (Å²) in [7, 11) is 0. The van der Waals surface area contributed by atoms with Crippen molar-refractivity contribution in [1.29, 1.82) is 0 Å². The zero-order valence-electron chi connectivity index (χ0n) is 10.8. The number of anilines is 1. The first-order valence-corrected chi connectivity index (χ1v) is 6.18. The van der Waals surface area contributed by atoms with Gasteiger partial charge >= 0.3 is 12.1 Å².